The Morgan fingerprint density at radius 2 is 1.83 bits per heavy atom. The molecule has 2 aromatic rings. The first-order chi connectivity index (χ1) is 11.0. The van der Waals surface area contributed by atoms with E-state index in [0.29, 0.717) is 5.56 Å². The molecule has 120 valence electrons. The van der Waals surface area contributed by atoms with Gasteiger partial charge in [0, 0.05) is 0 Å². The Morgan fingerprint density at radius 3 is 2.48 bits per heavy atom. The van der Waals surface area contributed by atoms with Crippen LogP contribution in [0.1, 0.15) is 23.6 Å². The lowest BCUT2D eigenvalue weighted by atomic mass is 10.0. The molecular formula is C17H17NO5. The van der Waals surface area contributed by atoms with Crippen LogP contribution >= 0.6 is 0 Å². The van der Waals surface area contributed by atoms with Crippen molar-refractivity contribution in [3.63, 3.8) is 0 Å². The summed E-state index contributed by atoms with van der Waals surface area (Å²) in [7, 11) is 0. The molecular weight excluding hydrogens is 298 g/mol. The molecule has 0 aliphatic carbocycles. The van der Waals surface area contributed by atoms with Gasteiger partial charge >= 0.3 is 12.1 Å². The largest absolute Gasteiger partial charge is 0.508 e. The van der Waals surface area contributed by atoms with E-state index in [-0.39, 0.29) is 18.8 Å². The normalized spacial score (nSPS) is 11.5. The van der Waals surface area contributed by atoms with Crippen LogP contribution in [0.3, 0.4) is 0 Å². The van der Waals surface area contributed by atoms with Crippen LogP contribution in [0.4, 0.5) is 4.79 Å². The van der Waals surface area contributed by atoms with Crippen LogP contribution in [0.2, 0.25) is 0 Å². The van der Waals surface area contributed by atoms with Crippen LogP contribution in [-0.2, 0) is 16.1 Å². The Balaban J connectivity index is 1.99. The molecule has 6 heteroatoms. The molecule has 2 rings (SSSR count). The van der Waals surface area contributed by atoms with Crippen molar-refractivity contribution < 1.29 is 24.5 Å². The van der Waals surface area contributed by atoms with E-state index in [1.54, 1.807) is 12.1 Å². The van der Waals surface area contributed by atoms with Gasteiger partial charge in [0.1, 0.15) is 12.4 Å². The lowest BCUT2D eigenvalue weighted by Gasteiger charge is -2.17. The molecule has 0 saturated heterocycles. The SMILES string of the molecule is O=C(O)CC(NC(=O)OCc1ccccc1)c1cccc(O)c1. The van der Waals surface area contributed by atoms with Crippen LogP contribution in [-0.4, -0.2) is 22.3 Å². The molecule has 0 aromatic heterocycles. The van der Waals surface area contributed by atoms with Gasteiger partial charge in [-0.05, 0) is 23.3 Å². The van der Waals surface area contributed by atoms with Gasteiger partial charge in [-0.2, -0.15) is 0 Å². The number of aliphatic carboxylic acids is 1. The molecule has 6 nitrogen and oxygen atoms in total. The number of hydrogen-bond donors (Lipinski definition) is 3. The zero-order valence-corrected chi connectivity index (χ0v) is 12.3. The van der Waals surface area contributed by atoms with Crippen molar-refractivity contribution in [1.29, 1.82) is 0 Å². The molecule has 1 amide bonds. The van der Waals surface area contributed by atoms with Gasteiger partial charge in [0.25, 0.3) is 0 Å². The second-order valence-electron chi connectivity index (χ2n) is 4.95. The van der Waals surface area contributed by atoms with E-state index < -0.39 is 18.1 Å². The Kier molecular flexibility index (Phi) is 5.57. The number of nitrogens with one attached hydrogen (secondary N) is 1. The molecule has 0 bridgehead atoms. The number of hydrogen-bond acceptors (Lipinski definition) is 4. The van der Waals surface area contributed by atoms with E-state index in [4.69, 9.17) is 9.84 Å². The van der Waals surface area contributed by atoms with E-state index in [1.165, 1.54) is 12.1 Å². The van der Waals surface area contributed by atoms with Crippen molar-refractivity contribution in [2.45, 2.75) is 19.1 Å². The van der Waals surface area contributed by atoms with E-state index in [1.807, 2.05) is 30.3 Å². The number of carbonyl (C=O) groups excluding carboxylic acids is 1. The highest BCUT2D eigenvalue weighted by molar-refractivity contribution is 5.72. The van der Waals surface area contributed by atoms with Gasteiger partial charge in [0.15, 0.2) is 0 Å². The minimum atomic E-state index is -1.07. The summed E-state index contributed by atoms with van der Waals surface area (Å²) in [6, 6.07) is 14.4. The maximum atomic E-state index is 11.9. The zero-order chi connectivity index (χ0) is 16.7. The van der Waals surface area contributed by atoms with Gasteiger partial charge in [-0.15, -0.1) is 0 Å². The third-order valence-corrected chi connectivity index (χ3v) is 3.16. The second-order valence-corrected chi connectivity index (χ2v) is 4.95. The van der Waals surface area contributed by atoms with Crippen molar-refractivity contribution in [2.24, 2.45) is 0 Å². The molecule has 0 saturated carbocycles. The average molecular weight is 315 g/mol. The van der Waals surface area contributed by atoms with Gasteiger partial charge in [0.05, 0.1) is 12.5 Å². The van der Waals surface area contributed by atoms with Crippen molar-refractivity contribution in [2.75, 3.05) is 0 Å². The summed E-state index contributed by atoms with van der Waals surface area (Å²) in [5.74, 6) is -1.07. The number of phenols is 1. The Bertz CT molecular complexity index is 672. The summed E-state index contributed by atoms with van der Waals surface area (Å²) < 4.78 is 5.09. The van der Waals surface area contributed by atoms with Crippen molar-refractivity contribution in [3.05, 3.63) is 65.7 Å². The minimum Gasteiger partial charge on any atom is -0.508 e. The fraction of sp³-hybridized carbons (Fsp3) is 0.176. The molecule has 0 aliphatic heterocycles. The molecule has 0 radical (unpaired) electrons. The van der Waals surface area contributed by atoms with E-state index in [0.717, 1.165) is 5.56 Å². The van der Waals surface area contributed by atoms with Gasteiger partial charge in [-0.25, -0.2) is 4.79 Å². The maximum Gasteiger partial charge on any atom is 0.407 e. The molecule has 0 aliphatic rings. The van der Waals surface area contributed by atoms with Crippen molar-refractivity contribution in [3.8, 4) is 5.75 Å². The highest BCUT2D eigenvalue weighted by Gasteiger charge is 2.19. The number of rotatable bonds is 6. The standard InChI is InChI=1S/C17H17NO5/c19-14-8-4-7-13(9-14)15(10-16(20)21)18-17(22)23-11-12-5-2-1-3-6-12/h1-9,15,19H,10-11H2,(H,18,22)(H,20,21). The fourth-order valence-electron chi connectivity index (χ4n) is 2.08. The van der Waals surface area contributed by atoms with Gasteiger partial charge in [-0.3, -0.25) is 4.79 Å². The molecule has 1 unspecified atom stereocenters. The fourth-order valence-corrected chi connectivity index (χ4v) is 2.08. The van der Waals surface area contributed by atoms with E-state index in [2.05, 4.69) is 5.32 Å². The van der Waals surface area contributed by atoms with Crippen LogP contribution in [0.25, 0.3) is 0 Å². The van der Waals surface area contributed by atoms with Crippen molar-refractivity contribution in [1.82, 2.24) is 5.32 Å². The number of carboxylic acids is 1. The summed E-state index contributed by atoms with van der Waals surface area (Å²) in [5, 5.41) is 21.0. The second kappa shape index (κ2) is 7.84. The average Bonchev–Trinajstić information content (AvgIpc) is 2.53. The third-order valence-electron chi connectivity index (χ3n) is 3.16. The predicted octanol–water partition coefficient (Wildman–Crippen LogP) is 2.83. The lowest BCUT2D eigenvalue weighted by Crippen LogP contribution is -2.30. The van der Waals surface area contributed by atoms with Crippen LogP contribution < -0.4 is 5.32 Å². The molecule has 2 aromatic carbocycles. The number of carbonyl (C=O) groups is 2. The van der Waals surface area contributed by atoms with E-state index in [9.17, 15) is 14.7 Å². The molecule has 0 fully saturated rings. The maximum absolute atomic E-state index is 11.9. The topological polar surface area (TPSA) is 95.9 Å². The van der Waals surface area contributed by atoms with Crippen LogP contribution in [0, 0.1) is 0 Å². The number of ether oxygens (including phenoxy) is 1. The summed E-state index contributed by atoms with van der Waals surface area (Å²) in [6.07, 6.45) is -1.03. The van der Waals surface area contributed by atoms with Crippen LogP contribution in [0.5, 0.6) is 5.75 Å². The smallest absolute Gasteiger partial charge is 0.407 e. The summed E-state index contributed by atoms with van der Waals surface area (Å²) in [6.45, 7) is 0.0898. The molecule has 1 atom stereocenters. The third kappa shape index (κ3) is 5.35. The molecule has 0 spiro atoms. The molecule has 23 heavy (non-hydrogen) atoms. The molecule has 0 heterocycles. The van der Waals surface area contributed by atoms with E-state index >= 15 is 0 Å². The lowest BCUT2D eigenvalue weighted by molar-refractivity contribution is -0.137. The van der Waals surface area contributed by atoms with Gasteiger partial charge < -0.3 is 20.3 Å². The first kappa shape index (κ1) is 16.4. The predicted molar refractivity (Wildman–Crippen MR) is 82.9 cm³/mol. The van der Waals surface area contributed by atoms with Crippen molar-refractivity contribution >= 4 is 12.1 Å². The number of amides is 1. The zero-order valence-electron chi connectivity index (χ0n) is 12.3. The first-order valence-corrected chi connectivity index (χ1v) is 7.02. The minimum absolute atomic E-state index is 0.00246. The number of carboxylic acid groups (broad SMARTS) is 1. The summed E-state index contributed by atoms with van der Waals surface area (Å²) >= 11 is 0. The first-order valence-electron chi connectivity index (χ1n) is 7.02. The monoisotopic (exact) mass is 315 g/mol. The number of phenolic OH excluding ortho intramolecular Hbond substituents is 1. The van der Waals surface area contributed by atoms with Gasteiger partial charge in [0.2, 0.25) is 0 Å². The highest BCUT2D eigenvalue weighted by atomic mass is 16.5. The number of aromatic hydroxyl groups is 1. The summed E-state index contributed by atoms with van der Waals surface area (Å²) in [5.41, 5.74) is 1.32. The Hall–Kier alpha value is -3.02. The van der Waals surface area contributed by atoms with Crippen LogP contribution in [0.15, 0.2) is 54.6 Å². The quantitative estimate of drug-likeness (QED) is 0.762. The summed E-state index contributed by atoms with van der Waals surface area (Å²) in [4.78, 5) is 22.9. The number of alkyl carbamates (subject to hydrolysis) is 1. The number of benzene rings is 2. The Labute approximate surface area is 133 Å². The Morgan fingerprint density at radius 1 is 1.09 bits per heavy atom. The van der Waals surface area contributed by atoms with Gasteiger partial charge in [-0.1, -0.05) is 42.5 Å². The highest BCUT2D eigenvalue weighted by Crippen LogP contribution is 2.21. The molecule has 3 N–H and O–H groups in total.